The van der Waals surface area contributed by atoms with E-state index in [1.54, 1.807) is 6.26 Å². The Hall–Kier alpha value is -0.890. The largest absolute Gasteiger partial charge is 0.468 e. The van der Waals surface area contributed by atoms with Gasteiger partial charge in [0, 0.05) is 12.6 Å². The van der Waals surface area contributed by atoms with Crippen molar-refractivity contribution in [3.05, 3.63) is 24.2 Å². The molecule has 0 saturated carbocycles. The molecule has 1 aromatic heterocycles. The van der Waals surface area contributed by atoms with E-state index in [9.17, 15) is 13.5 Å². The monoisotopic (exact) mass is 328 g/mol. The number of likely N-dealkylation sites (tertiary alicyclic amines) is 1. The zero-order valence-electron chi connectivity index (χ0n) is 12.6. The Balaban J connectivity index is 1.65. The first kappa shape index (κ1) is 16.0. The molecule has 1 aromatic rings. The summed E-state index contributed by atoms with van der Waals surface area (Å²) >= 11 is 0. The van der Waals surface area contributed by atoms with Gasteiger partial charge in [-0.05, 0) is 38.1 Å². The lowest BCUT2D eigenvalue weighted by atomic mass is 10.1. The predicted molar refractivity (Wildman–Crippen MR) is 83.3 cm³/mol. The van der Waals surface area contributed by atoms with Crippen molar-refractivity contribution >= 4 is 9.84 Å². The van der Waals surface area contributed by atoms with Gasteiger partial charge in [0.1, 0.15) is 5.76 Å². The summed E-state index contributed by atoms with van der Waals surface area (Å²) in [6, 6.07) is 3.54. The first-order valence-corrected chi connectivity index (χ1v) is 9.77. The van der Waals surface area contributed by atoms with E-state index in [0.717, 1.165) is 18.8 Å². The summed E-state index contributed by atoms with van der Waals surface area (Å²) in [6.07, 6.45) is 4.47. The molecule has 2 N–H and O–H groups in total. The van der Waals surface area contributed by atoms with Crippen molar-refractivity contribution in [2.45, 2.75) is 37.5 Å². The minimum Gasteiger partial charge on any atom is -0.468 e. The molecule has 3 unspecified atom stereocenters. The van der Waals surface area contributed by atoms with Crippen molar-refractivity contribution in [1.82, 2.24) is 10.2 Å². The SMILES string of the molecule is O=S1(=O)CC(O)C(NCC(c2ccco2)N2CCCCC2)C1. The molecule has 2 aliphatic rings. The van der Waals surface area contributed by atoms with E-state index in [-0.39, 0.29) is 23.6 Å². The highest BCUT2D eigenvalue weighted by molar-refractivity contribution is 7.91. The average molecular weight is 328 g/mol. The van der Waals surface area contributed by atoms with Gasteiger partial charge in [0.2, 0.25) is 0 Å². The van der Waals surface area contributed by atoms with Crippen molar-refractivity contribution in [2.75, 3.05) is 31.1 Å². The number of aliphatic hydroxyl groups is 1. The molecule has 3 atom stereocenters. The van der Waals surface area contributed by atoms with Gasteiger partial charge < -0.3 is 14.8 Å². The number of rotatable bonds is 5. The van der Waals surface area contributed by atoms with Crippen LogP contribution in [-0.4, -0.2) is 61.7 Å². The Bertz CT molecular complexity index is 566. The van der Waals surface area contributed by atoms with Gasteiger partial charge in [0.25, 0.3) is 0 Å². The van der Waals surface area contributed by atoms with Gasteiger partial charge in [0.15, 0.2) is 9.84 Å². The molecule has 0 aliphatic carbocycles. The van der Waals surface area contributed by atoms with Gasteiger partial charge in [0.05, 0.1) is 29.9 Å². The highest BCUT2D eigenvalue weighted by atomic mass is 32.2. The average Bonchev–Trinajstić information content (AvgIpc) is 3.09. The summed E-state index contributed by atoms with van der Waals surface area (Å²) in [5, 5.41) is 13.1. The summed E-state index contributed by atoms with van der Waals surface area (Å²) in [7, 11) is -3.12. The van der Waals surface area contributed by atoms with Crippen LogP contribution in [0.3, 0.4) is 0 Å². The molecule has 2 aliphatic heterocycles. The Kier molecular flexibility index (Phi) is 4.87. The highest BCUT2D eigenvalue weighted by Gasteiger charge is 2.37. The number of furan rings is 1. The molecule has 0 bridgehead atoms. The van der Waals surface area contributed by atoms with E-state index in [4.69, 9.17) is 4.42 Å². The number of piperidine rings is 1. The van der Waals surface area contributed by atoms with Crippen LogP contribution in [-0.2, 0) is 9.84 Å². The van der Waals surface area contributed by atoms with Crippen LogP contribution in [0.2, 0.25) is 0 Å². The third-order valence-electron chi connectivity index (χ3n) is 4.60. The third-order valence-corrected chi connectivity index (χ3v) is 6.32. The van der Waals surface area contributed by atoms with E-state index in [1.807, 2.05) is 12.1 Å². The molecule has 0 radical (unpaired) electrons. The maximum atomic E-state index is 11.6. The number of aliphatic hydroxyl groups excluding tert-OH is 1. The van der Waals surface area contributed by atoms with Crippen LogP contribution in [0.15, 0.2) is 22.8 Å². The Morgan fingerprint density at radius 1 is 1.32 bits per heavy atom. The fourth-order valence-electron chi connectivity index (χ4n) is 3.41. The van der Waals surface area contributed by atoms with Crippen molar-refractivity contribution in [3.63, 3.8) is 0 Å². The lowest BCUT2D eigenvalue weighted by Crippen LogP contribution is -2.45. The van der Waals surface area contributed by atoms with Crippen LogP contribution in [0, 0.1) is 0 Å². The van der Waals surface area contributed by atoms with Crippen molar-refractivity contribution in [1.29, 1.82) is 0 Å². The molecular formula is C15H24N2O4S. The third kappa shape index (κ3) is 3.71. The zero-order chi connectivity index (χ0) is 15.6. The second-order valence-corrected chi connectivity index (χ2v) is 8.44. The molecule has 3 rings (SSSR count). The molecule has 124 valence electrons. The second-order valence-electron chi connectivity index (χ2n) is 6.29. The molecule has 7 heteroatoms. The number of sulfone groups is 1. The van der Waals surface area contributed by atoms with Gasteiger partial charge in [-0.1, -0.05) is 6.42 Å². The molecule has 2 saturated heterocycles. The fraction of sp³-hybridized carbons (Fsp3) is 0.733. The lowest BCUT2D eigenvalue weighted by molar-refractivity contribution is 0.124. The van der Waals surface area contributed by atoms with Crippen LogP contribution >= 0.6 is 0 Å². The summed E-state index contributed by atoms with van der Waals surface area (Å²) in [6.45, 7) is 2.64. The standard InChI is InChI=1S/C15H24N2O4S/c18-14-11-22(19,20)10-12(14)16-9-13(15-5-4-8-21-15)17-6-2-1-3-7-17/h4-5,8,12-14,16,18H,1-3,6-7,9-11H2. The van der Waals surface area contributed by atoms with Crippen molar-refractivity contribution < 1.29 is 17.9 Å². The Morgan fingerprint density at radius 3 is 2.68 bits per heavy atom. The second kappa shape index (κ2) is 6.70. The smallest absolute Gasteiger partial charge is 0.154 e. The number of nitrogens with one attached hydrogen (secondary N) is 1. The van der Waals surface area contributed by atoms with E-state index < -0.39 is 15.9 Å². The quantitative estimate of drug-likeness (QED) is 0.821. The predicted octanol–water partition coefficient (Wildman–Crippen LogP) is 0.554. The van der Waals surface area contributed by atoms with E-state index >= 15 is 0 Å². The Labute approximate surface area is 131 Å². The molecule has 22 heavy (non-hydrogen) atoms. The molecule has 0 aromatic carbocycles. The zero-order valence-corrected chi connectivity index (χ0v) is 13.5. The molecule has 3 heterocycles. The minimum atomic E-state index is -3.12. The summed E-state index contributed by atoms with van der Waals surface area (Å²) in [4.78, 5) is 2.38. The van der Waals surface area contributed by atoms with E-state index in [2.05, 4.69) is 10.2 Å². The van der Waals surface area contributed by atoms with Gasteiger partial charge in [-0.3, -0.25) is 4.90 Å². The van der Waals surface area contributed by atoms with Crippen LogP contribution in [0.4, 0.5) is 0 Å². The highest BCUT2D eigenvalue weighted by Crippen LogP contribution is 2.25. The Morgan fingerprint density at radius 2 is 2.09 bits per heavy atom. The molecule has 0 amide bonds. The van der Waals surface area contributed by atoms with E-state index in [1.165, 1.54) is 19.3 Å². The number of hydrogen-bond donors (Lipinski definition) is 2. The minimum absolute atomic E-state index is 0.0129. The van der Waals surface area contributed by atoms with Crippen LogP contribution in [0.1, 0.15) is 31.1 Å². The van der Waals surface area contributed by atoms with Gasteiger partial charge in [-0.25, -0.2) is 8.42 Å². The topological polar surface area (TPSA) is 82.8 Å². The maximum Gasteiger partial charge on any atom is 0.154 e. The van der Waals surface area contributed by atoms with Gasteiger partial charge in [-0.2, -0.15) is 0 Å². The van der Waals surface area contributed by atoms with Gasteiger partial charge >= 0.3 is 0 Å². The molecule has 2 fully saturated rings. The maximum absolute atomic E-state index is 11.6. The first-order valence-electron chi connectivity index (χ1n) is 7.94. The normalized spacial score (nSPS) is 30.4. The van der Waals surface area contributed by atoms with Crippen molar-refractivity contribution in [2.24, 2.45) is 0 Å². The first-order chi connectivity index (χ1) is 10.6. The van der Waals surface area contributed by atoms with Crippen LogP contribution in [0.25, 0.3) is 0 Å². The molecule has 6 nitrogen and oxygen atoms in total. The summed E-state index contributed by atoms with van der Waals surface area (Å²) in [5.74, 6) is 0.767. The van der Waals surface area contributed by atoms with E-state index in [0.29, 0.717) is 6.54 Å². The number of hydrogen-bond acceptors (Lipinski definition) is 6. The van der Waals surface area contributed by atoms with Crippen LogP contribution < -0.4 is 5.32 Å². The fourth-order valence-corrected chi connectivity index (χ4v) is 5.18. The van der Waals surface area contributed by atoms with Crippen molar-refractivity contribution in [3.8, 4) is 0 Å². The number of nitrogens with zero attached hydrogens (tertiary/aromatic N) is 1. The molecular weight excluding hydrogens is 304 g/mol. The summed E-state index contributed by atoms with van der Waals surface area (Å²) < 4.78 is 28.8. The summed E-state index contributed by atoms with van der Waals surface area (Å²) in [5.41, 5.74) is 0. The lowest BCUT2D eigenvalue weighted by Gasteiger charge is -2.34. The van der Waals surface area contributed by atoms with Gasteiger partial charge in [-0.15, -0.1) is 0 Å². The molecule has 0 spiro atoms. The van der Waals surface area contributed by atoms with Crippen LogP contribution in [0.5, 0.6) is 0 Å².